The maximum atomic E-state index is 11.7. The van der Waals surface area contributed by atoms with Gasteiger partial charge >= 0.3 is 12.0 Å². The molecule has 2 N–H and O–H groups in total. The zero-order chi connectivity index (χ0) is 17.4. The second-order valence-electron chi connectivity index (χ2n) is 4.71. The van der Waals surface area contributed by atoms with Crippen molar-refractivity contribution in [3.8, 4) is 0 Å². The van der Waals surface area contributed by atoms with Crippen molar-refractivity contribution in [2.45, 2.75) is 19.5 Å². The summed E-state index contributed by atoms with van der Waals surface area (Å²) in [5, 5.41) is 15.8. The Labute approximate surface area is 137 Å². The number of ether oxygens (including phenoxy) is 1. The van der Waals surface area contributed by atoms with Gasteiger partial charge in [0.2, 0.25) is 0 Å². The number of rotatable bonds is 6. The van der Waals surface area contributed by atoms with Crippen molar-refractivity contribution in [1.29, 1.82) is 0 Å². The molecule has 1 aromatic heterocycles. The highest BCUT2D eigenvalue weighted by Crippen LogP contribution is 1.96. The number of benzene rings is 1. The van der Waals surface area contributed by atoms with Gasteiger partial charge in [-0.1, -0.05) is 30.3 Å². The number of hydrogen-bond donors (Lipinski definition) is 2. The zero-order valence-electron chi connectivity index (χ0n) is 12.9. The van der Waals surface area contributed by atoms with Crippen LogP contribution in [0.3, 0.4) is 0 Å². The molecule has 0 spiro atoms. The summed E-state index contributed by atoms with van der Waals surface area (Å²) in [7, 11) is 1.24. The molecule has 24 heavy (non-hydrogen) atoms. The highest BCUT2D eigenvalue weighted by molar-refractivity contribution is 5.94. The molecule has 0 aliphatic carbocycles. The minimum Gasteiger partial charge on any atom is -0.469 e. The zero-order valence-corrected chi connectivity index (χ0v) is 12.9. The van der Waals surface area contributed by atoms with Gasteiger partial charge in [0, 0.05) is 6.54 Å². The molecule has 1 aromatic carbocycles. The van der Waals surface area contributed by atoms with E-state index in [0.717, 1.165) is 10.4 Å². The molecule has 3 amide bonds. The first-order chi connectivity index (χ1) is 11.6. The second-order valence-corrected chi connectivity index (χ2v) is 4.71. The Hall–Kier alpha value is -3.30. The van der Waals surface area contributed by atoms with E-state index in [-0.39, 0.29) is 18.8 Å². The summed E-state index contributed by atoms with van der Waals surface area (Å²) in [5.41, 5.74) is 0.908. The van der Waals surface area contributed by atoms with Gasteiger partial charge < -0.3 is 10.1 Å². The molecular weight excluding hydrogens is 316 g/mol. The minimum atomic E-state index is -0.626. The number of aromatic nitrogens is 4. The van der Waals surface area contributed by atoms with Crippen LogP contribution in [0.4, 0.5) is 4.79 Å². The summed E-state index contributed by atoms with van der Waals surface area (Å²) in [5.74, 6) is -0.995. The summed E-state index contributed by atoms with van der Waals surface area (Å²) < 4.78 is 4.47. The molecule has 0 saturated carbocycles. The van der Waals surface area contributed by atoms with Gasteiger partial charge in [0.1, 0.15) is 13.0 Å². The normalized spacial score (nSPS) is 10.0. The molecule has 0 saturated heterocycles. The minimum absolute atomic E-state index is 0.128. The fraction of sp³-hybridized carbons (Fsp3) is 0.286. The van der Waals surface area contributed by atoms with Crippen LogP contribution >= 0.6 is 0 Å². The van der Waals surface area contributed by atoms with Crippen LogP contribution in [0.5, 0.6) is 0 Å². The summed E-state index contributed by atoms with van der Waals surface area (Å²) in [6.45, 7) is -0.00225. The molecule has 0 fully saturated rings. The second kappa shape index (κ2) is 8.36. The van der Waals surface area contributed by atoms with Crippen molar-refractivity contribution in [2.24, 2.45) is 0 Å². The number of nitrogens with zero attached hydrogens (tertiary/aromatic N) is 4. The number of imide groups is 1. The third-order valence-corrected chi connectivity index (χ3v) is 2.86. The van der Waals surface area contributed by atoms with Crippen molar-refractivity contribution in [1.82, 2.24) is 30.8 Å². The van der Waals surface area contributed by atoms with Gasteiger partial charge in [-0.05, 0) is 10.8 Å². The van der Waals surface area contributed by atoms with Crippen LogP contribution in [-0.4, -0.2) is 45.2 Å². The molecule has 0 radical (unpaired) electrons. The number of esters is 1. The fourth-order valence-electron chi connectivity index (χ4n) is 1.73. The Kier molecular flexibility index (Phi) is 5.95. The molecular formula is C14H16N6O4. The monoisotopic (exact) mass is 332 g/mol. The molecule has 2 aromatic rings. The van der Waals surface area contributed by atoms with Crippen LogP contribution in [-0.2, 0) is 33.8 Å². The molecule has 0 atom stereocenters. The highest BCUT2D eigenvalue weighted by Gasteiger charge is 2.13. The quantitative estimate of drug-likeness (QED) is 0.677. The average Bonchev–Trinajstić information content (AvgIpc) is 3.00. The SMILES string of the molecule is COC(=O)Cc1nnn(CC(=O)NC(=O)NCc2ccccc2)n1. The fourth-order valence-corrected chi connectivity index (χ4v) is 1.73. The largest absolute Gasteiger partial charge is 0.469 e. The average molecular weight is 332 g/mol. The van der Waals surface area contributed by atoms with Gasteiger partial charge in [-0.2, -0.15) is 4.80 Å². The number of tetrazole rings is 1. The number of urea groups is 1. The van der Waals surface area contributed by atoms with E-state index in [4.69, 9.17) is 0 Å². The summed E-state index contributed by atoms with van der Waals surface area (Å²) in [6.07, 6.45) is -0.143. The summed E-state index contributed by atoms with van der Waals surface area (Å²) in [4.78, 5) is 35.4. The highest BCUT2D eigenvalue weighted by atomic mass is 16.5. The van der Waals surface area contributed by atoms with Crippen molar-refractivity contribution >= 4 is 17.9 Å². The Morgan fingerprint density at radius 2 is 1.96 bits per heavy atom. The summed E-state index contributed by atoms with van der Waals surface area (Å²) >= 11 is 0. The standard InChI is InChI=1S/C14H16N6O4/c1-24-13(22)7-11-17-19-20(18-11)9-12(21)16-14(23)15-8-10-5-3-2-4-6-10/h2-6H,7-9H2,1H3,(H2,15,16,21,23). The molecule has 10 nitrogen and oxygen atoms in total. The van der Waals surface area contributed by atoms with E-state index in [1.54, 1.807) is 0 Å². The van der Waals surface area contributed by atoms with E-state index in [1.165, 1.54) is 7.11 Å². The molecule has 1 heterocycles. The Balaban J connectivity index is 1.76. The predicted octanol–water partition coefficient (Wildman–Crippen LogP) is -0.585. The smallest absolute Gasteiger partial charge is 0.321 e. The lowest BCUT2D eigenvalue weighted by Crippen LogP contribution is -2.40. The Morgan fingerprint density at radius 3 is 2.67 bits per heavy atom. The first-order valence-electron chi connectivity index (χ1n) is 7.02. The van der Waals surface area contributed by atoms with Gasteiger partial charge in [-0.15, -0.1) is 10.2 Å². The molecule has 126 valence electrons. The topological polar surface area (TPSA) is 128 Å². The van der Waals surface area contributed by atoms with Gasteiger partial charge in [0.05, 0.1) is 7.11 Å². The maximum Gasteiger partial charge on any atom is 0.321 e. The van der Waals surface area contributed by atoms with E-state index in [9.17, 15) is 14.4 Å². The Morgan fingerprint density at radius 1 is 1.21 bits per heavy atom. The van der Waals surface area contributed by atoms with E-state index in [2.05, 4.69) is 30.8 Å². The van der Waals surface area contributed by atoms with Crippen LogP contribution in [0.2, 0.25) is 0 Å². The number of methoxy groups -OCH3 is 1. The van der Waals surface area contributed by atoms with Crippen LogP contribution in [0.1, 0.15) is 11.4 Å². The molecule has 0 unspecified atom stereocenters. The molecule has 0 bridgehead atoms. The predicted molar refractivity (Wildman–Crippen MR) is 80.4 cm³/mol. The number of carbonyl (C=O) groups is 3. The van der Waals surface area contributed by atoms with Crippen LogP contribution < -0.4 is 10.6 Å². The van der Waals surface area contributed by atoms with Crippen molar-refractivity contribution in [3.63, 3.8) is 0 Å². The van der Waals surface area contributed by atoms with Crippen LogP contribution in [0.25, 0.3) is 0 Å². The van der Waals surface area contributed by atoms with E-state index in [1.807, 2.05) is 30.3 Å². The van der Waals surface area contributed by atoms with Crippen LogP contribution in [0.15, 0.2) is 30.3 Å². The van der Waals surface area contributed by atoms with Crippen molar-refractivity contribution in [2.75, 3.05) is 7.11 Å². The van der Waals surface area contributed by atoms with Gasteiger partial charge in [0.25, 0.3) is 5.91 Å². The lowest BCUT2D eigenvalue weighted by atomic mass is 10.2. The number of carbonyl (C=O) groups excluding carboxylic acids is 3. The molecule has 10 heteroatoms. The third kappa shape index (κ3) is 5.48. The van der Waals surface area contributed by atoms with Gasteiger partial charge in [-0.3, -0.25) is 14.9 Å². The molecule has 2 rings (SSSR count). The van der Waals surface area contributed by atoms with Gasteiger partial charge in [-0.25, -0.2) is 4.79 Å². The molecule has 0 aliphatic rings. The molecule has 0 aliphatic heterocycles. The Bertz CT molecular complexity index is 715. The number of nitrogens with one attached hydrogen (secondary N) is 2. The van der Waals surface area contributed by atoms with E-state index < -0.39 is 17.9 Å². The van der Waals surface area contributed by atoms with E-state index in [0.29, 0.717) is 6.54 Å². The lowest BCUT2D eigenvalue weighted by molar-refractivity contribution is -0.139. The van der Waals surface area contributed by atoms with Crippen molar-refractivity contribution < 1.29 is 19.1 Å². The van der Waals surface area contributed by atoms with Crippen molar-refractivity contribution in [3.05, 3.63) is 41.7 Å². The van der Waals surface area contributed by atoms with Crippen LogP contribution in [0, 0.1) is 0 Å². The third-order valence-electron chi connectivity index (χ3n) is 2.86. The number of amides is 3. The first-order valence-corrected chi connectivity index (χ1v) is 7.02. The number of hydrogen-bond acceptors (Lipinski definition) is 7. The summed E-state index contributed by atoms with van der Waals surface area (Å²) in [6, 6.07) is 8.64. The maximum absolute atomic E-state index is 11.7. The first kappa shape index (κ1) is 17.1. The van der Waals surface area contributed by atoms with Gasteiger partial charge in [0.15, 0.2) is 5.82 Å². The van der Waals surface area contributed by atoms with E-state index >= 15 is 0 Å². The lowest BCUT2D eigenvalue weighted by Gasteiger charge is -2.06.